The second-order valence-electron chi connectivity index (χ2n) is 6.86. The van der Waals surface area contributed by atoms with Crippen LogP contribution in [-0.2, 0) is 9.47 Å². The first-order valence-electron chi connectivity index (χ1n) is 9.82. The van der Waals surface area contributed by atoms with Crippen molar-refractivity contribution >= 4 is 41.8 Å². The van der Waals surface area contributed by atoms with E-state index in [1.165, 1.54) is 19.3 Å². The Kier molecular flexibility index (Phi) is 8.18. The molecule has 1 aromatic carbocycles. The number of benzene rings is 1. The minimum atomic E-state index is -0.424. The number of aromatic nitrogens is 1. The molecule has 29 heavy (non-hydrogen) atoms. The fraction of sp³-hybridized carbons (Fsp3) is 0.429. The molecule has 1 aromatic heterocycles. The number of rotatable bonds is 6. The van der Waals surface area contributed by atoms with Crippen molar-refractivity contribution in [1.82, 2.24) is 9.88 Å². The van der Waals surface area contributed by atoms with E-state index in [1.807, 2.05) is 36.4 Å². The summed E-state index contributed by atoms with van der Waals surface area (Å²) in [6.07, 6.45) is 5.17. The number of halogens is 1. The van der Waals surface area contributed by atoms with E-state index < -0.39 is 6.09 Å². The van der Waals surface area contributed by atoms with Crippen LogP contribution in [0.25, 0.3) is 0 Å². The maximum Gasteiger partial charge on any atom is 0.420 e. The van der Waals surface area contributed by atoms with Gasteiger partial charge in [0, 0.05) is 17.6 Å². The lowest BCUT2D eigenvalue weighted by atomic mass is 10.1. The molecule has 0 N–H and O–H groups in total. The molecule has 8 heteroatoms. The molecule has 0 aliphatic carbocycles. The average Bonchev–Trinajstić information content (AvgIpc) is 2.75. The highest BCUT2D eigenvalue weighted by Crippen LogP contribution is 2.46. The van der Waals surface area contributed by atoms with Gasteiger partial charge >= 0.3 is 6.09 Å². The van der Waals surface area contributed by atoms with Crippen LogP contribution in [0.1, 0.15) is 19.3 Å². The van der Waals surface area contributed by atoms with Crippen molar-refractivity contribution in [3.8, 4) is 0 Å². The third kappa shape index (κ3) is 5.42. The molecule has 156 valence electrons. The quantitative estimate of drug-likeness (QED) is 0.610. The first-order chi connectivity index (χ1) is 13.8. The summed E-state index contributed by atoms with van der Waals surface area (Å²) in [6, 6.07) is 11.6. The number of carbonyl (C=O) groups is 1. The summed E-state index contributed by atoms with van der Waals surface area (Å²) in [5.74, 6) is 0.613. The second-order valence-corrected chi connectivity index (χ2v) is 7.94. The molecule has 2 aliphatic rings. The Morgan fingerprint density at radius 1 is 1.00 bits per heavy atom. The lowest BCUT2D eigenvalue weighted by Crippen LogP contribution is -2.33. The van der Waals surface area contributed by atoms with Crippen LogP contribution in [0.2, 0.25) is 0 Å². The number of para-hydroxylation sites is 1. The zero-order chi connectivity index (χ0) is 19.2. The molecule has 4 rings (SSSR count). The lowest BCUT2D eigenvalue weighted by molar-refractivity contribution is 0.0599. The standard InChI is InChI=1S/C21H25N3O3S.ClH/c25-21(27-16-15-26-14-13-23-11-4-1-5-12-23)24-17-7-2-3-8-18(17)28-19-9-6-10-22-20(19)24;/h2-3,6-10H,1,4-5,11-16H2;1H. The van der Waals surface area contributed by atoms with Gasteiger partial charge in [-0.2, -0.15) is 0 Å². The Hall–Kier alpha value is -1.80. The molecular weight excluding hydrogens is 410 g/mol. The molecule has 2 aliphatic heterocycles. The predicted molar refractivity (Wildman–Crippen MR) is 117 cm³/mol. The number of nitrogens with zero attached hydrogens (tertiary/aromatic N) is 3. The fourth-order valence-corrected chi connectivity index (χ4v) is 4.54. The predicted octanol–water partition coefficient (Wildman–Crippen LogP) is 4.75. The van der Waals surface area contributed by atoms with Crippen LogP contribution in [0.5, 0.6) is 0 Å². The van der Waals surface area contributed by atoms with Gasteiger partial charge in [0.25, 0.3) is 0 Å². The number of carbonyl (C=O) groups excluding carboxylic acids is 1. The minimum Gasteiger partial charge on any atom is -0.446 e. The summed E-state index contributed by atoms with van der Waals surface area (Å²) in [7, 11) is 0. The highest BCUT2D eigenvalue weighted by molar-refractivity contribution is 7.99. The van der Waals surface area contributed by atoms with E-state index >= 15 is 0 Å². The smallest absolute Gasteiger partial charge is 0.420 e. The number of pyridine rings is 1. The van der Waals surface area contributed by atoms with Gasteiger partial charge in [-0.1, -0.05) is 30.3 Å². The maximum atomic E-state index is 12.8. The summed E-state index contributed by atoms with van der Waals surface area (Å²) in [6.45, 7) is 4.58. The van der Waals surface area contributed by atoms with Gasteiger partial charge in [0.15, 0.2) is 5.82 Å². The molecule has 0 saturated carbocycles. The van der Waals surface area contributed by atoms with Gasteiger partial charge in [0.1, 0.15) is 6.61 Å². The molecule has 6 nitrogen and oxygen atoms in total. The Bertz CT molecular complexity index is 772. The number of hydrogen-bond donors (Lipinski definition) is 0. The van der Waals surface area contributed by atoms with Crippen LogP contribution in [0.15, 0.2) is 52.4 Å². The van der Waals surface area contributed by atoms with E-state index in [2.05, 4.69) is 9.88 Å². The van der Waals surface area contributed by atoms with Crippen molar-refractivity contribution in [1.29, 1.82) is 0 Å². The van der Waals surface area contributed by atoms with Gasteiger partial charge < -0.3 is 14.4 Å². The second kappa shape index (κ2) is 10.8. The maximum absolute atomic E-state index is 12.8. The topological polar surface area (TPSA) is 54.9 Å². The fourth-order valence-electron chi connectivity index (χ4n) is 3.51. The number of hydrogen-bond acceptors (Lipinski definition) is 6. The number of amides is 1. The Morgan fingerprint density at radius 2 is 1.79 bits per heavy atom. The molecule has 2 aromatic rings. The summed E-state index contributed by atoms with van der Waals surface area (Å²) in [4.78, 5) is 23.1. The molecule has 0 bridgehead atoms. The van der Waals surface area contributed by atoms with Crippen molar-refractivity contribution < 1.29 is 14.3 Å². The van der Waals surface area contributed by atoms with Crippen LogP contribution in [0, 0.1) is 0 Å². The van der Waals surface area contributed by atoms with Crippen molar-refractivity contribution in [2.24, 2.45) is 0 Å². The van der Waals surface area contributed by atoms with Gasteiger partial charge in [0.05, 0.1) is 23.8 Å². The van der Waals surface area contributed by atoms with E-state index in [0.717, 1.165) is 35.1 Å². The highest BCUT2D eigenvalue weighted by atomic mass is 35.5. The molecule has 1 fully saturated rings. The minimum absolute atomic E-state index is 0. The van der Waals surface area contributed by atoms with E-state index in [0.29, 0.717) is 19.0 Å². The average molecular weight is 436 g/mol. The molecular formula is C21H26ClN3O3S. The van der Waals surface area contributed by atoms with Gasteiger partial charge in [0.2, 0.25) is 0 Å². The van der Waals surface area contributed by atoms with E-state index in [4.69, 9.17) is 9.47 Å². The monoisotopic (exact) mass is 435 g/mol. The highest BCUT2D eigenvalue weighted by Gasteiger charge is 2.30. The van der Waals surface area contributed by atoms with Gasteiger partial charge in [-0.3, -0.25) is 0 Å². The van der Waals surface area contributed by atoms with E-state index in [9.17, 15) is 4.79 Å². The normalized spacial score (nSPS) is 15.8. The van der Waals surface area contributed by atoms with Crippen LogP contribution >= 0.6 is 24.2 Å². The summed E-state index contributed by atoms with van der Waals surface area (Å²) in [5, 5.41) is 0. The number of ether oxygens (including phenoxy) is 2. The van der Waals surface area contributed by atoms with E-state index in [1.54, 1.807) is 22.9 Å². The van der Waals surface area contributed by atoms with Gasteiger partial charge in [-0.05, 0) is 50.2 Å². The van der Waals surface area contributed by atoms with Crippen molar-refractivity contribution in [3.05, 3.63) is 42.6 Å². The zero-order valence-electron chi connectivity index (χ0n) is 16.3. The molecule has 0 spiro atoms. The van der Waals surface area contributed by atoms with Gasteiger partial charge in [-0.15, -0.1) is 12.4 Å². The molecule has 3 heterocycles. The summed E-state index contributed by atoms with van der Waals surface area (Å²) >= 11 is 1.61. The largest absolute Gasteiger partial charge is 0.446 e. The van der Waals surface area contributed by atoms with E-state index in [-0.39, 0.29) is 19.0 Å². The van der Waals surface area contributed by atoms with Gasteiger partial charge in [-0.25, -0.2) is 14.7 Å². The zero-order valence-corrected chi connectivity index (χ0v) is 17.9. The van der Waals surface area contributed by atoms with Crippen LogP contribution in [0.4, 0.5) is 16.3 Å². The lowest BCUT2D eigenvalue weighted by Gasteiger charge is -2.29. The SMILES string of the molecule is Cl.O=C(OCCOCCN1CCCCC1)N1c2ccccc2Sc2cccnc21. The Balaban J connectivity index is 0.00000240. The molecule has 0 atom stereocenters. The first kappa shape index (κ1) is 21.9. The van der Waals surface area contributed by atoms with Crippen molar-refractivity contribution in [2.45, 2.75) is 29.1 Å². The third-order valence-corrected chi connectivity index (χ3v) is 6.03. The number of anilines is 2. The molecule has 1 saturated heterocycles. The third-order valence-electron chi connectivity index (χ3n) is 4.93. The number of piperidine rings is 1. The number of fused-ring (bicyclic) bond motifs is 2. The van der Waals surface area contributed by atoms with Crippen LogP contribution in [0.3, 0.4) is 0 Å². The first-order valence-corrected chi connectivity index (χ1v) is 10.6. The molecule has 0 unspecified atom stereocenters. The number of likely N-dealkylation sites (tertiary alicyclic amines) is 1. The molecule has 0 radical (unpaired) electrons. The Labute approximate surface area is 182 Å². The summed E-state index contributed by atoms with van der Waals surface area (Å²) in [5.41, 5.74) is 0.801. The van der Waals surface area contributed by atoms with Crippen molar-refractivity contribution in [2.75, 3.05) is 44.4 Å². The van der Waals surface area contributed by atoms with Crippen molar-refractivity contribution in [3.63, 3.8) is 0 Å². The Morgan fingerprint density at radius 3 is 2.66 bits per heavy atom. The molecule has 1 amide bonds. The van der Waals surface area contributed by atoms with Crippen LogP contribution in [-0.4, -0.2) is 55.4 Å². The van der Waals surface area contributed by atoms with Crippen LogP contribution < -0.4 is 4.90 Å². The summed E-state index contributed by atoms with van der Waals surface area (Å²) < 4.78 is 11.1.